The highest BCUT2D eigenvalue weighted by atomic mass is 15.1. The van der Waals surface area contributed by atoms with Crippen LogP contribution in [0.15, 0.2) is 243 Å². The van der Waals surface area contributed by atoms with Crippen molar-refractivity contribution >= 4 is 17.1 Å². The Hall–Kier alpha value is -8.00. The number of benzene rings is 10. The van der Waals surface area contributed by atoms with E-state index >= 15 is 0 Å². The van der Waals surface area contributed by atoms with Crippen LogP contribution in [0, 0.1) is 0 Å². The van der Waals surface area contributed by atoms with E-state index in [1.54, 1.807) is 0 Å². The molecule has 0 radical (unpaired) electrons. The van der Waals surface area contributed by atoms with Gasteiger partial charge in [0.1, 0.15) is 0 Å². The summed E-state index contributed by atoms with van der Waals surface area (Å²) in [4.78, 5) is 2.53. The van der Waals surface area contributed by atoms with Crippen LogP contribution in [0.25, 0.3) is 55.6 Å². The SMILES string of the molecule is CC(C)(C)c1ccc(-c2cc(N(c3cccc(-c4ccccc4)c3)c3ccc4c(c3)C(C)(C)c3ccccc3-4)cc3c2-c2ccccc2C3(c2ccccc2)c2cccc(-c3ccccc3)c2)cc1. The second kappa shape index (κ2) is 16.4. The summed E-state index contributed by atoms with van der Waals surface area (Å²) in [6.45, 7) is 11.7. The van der Waals surface area contributed by atoms with Gasteiger partial charge in [-0.2, -0.15) is 0 Å². The molecule has 69 heavy (non-hydrogen) atoms. The first-order valence-electron chi connectivity index (χ1n) is 24.4. The van der Waals surface area contributed by atoms with Gasteiger partial charge in [0.25, 0.3) is 0 Å². The summed E-state index contributed by atoms with van der Waals surface area (Å²) in [7, 11) is 0. The maximum atomic E-state index is 2.53. The molecule has 1 atom stereocenters. The molecule has 1 unspecified atom stereocenters. The second-order valence-electron chi connectivity index (χ2n) is 20.5. The Bertz CT molecular complexity index is 3540. The van der Waals surface area contributed by atoms with Crippen molar-refractivity contribution in [2.45, 2.75) is 50.9 Å². The van der Waals surface area contributed by atoms with Crippen LogP contribution < -0.4 is 4.90 Å². The maximum absolute atomic E-state index is 2.53. The summed E-state index contributed by atoms with van der Waals surface area (Å²) in [6, 6.07) is 91.0. The average molecular weight is 886 g/mol. The molecule has 10 aromatic carbocycles. The van der Waals surface area contributed by atoms with E-state index in [1.165, 1.54) is 94.6 Å². The highest BCUT2D eigenvalue weighted by molar-refractivity contribution is 5.99. The molecule has 0 bridgehead atoms. The zero-order valence-corrected chi connectivity index (χ0v) is 40.0. The highest BCUT2D eigenvalue weighted by Gasteiger charge is 2.48. The van der Waals surface area contributed by atoms with Gasteiger partial charge in [0.05, 0.1) is 5.41 Å². The van der Waals surface area contributed by atoms with Crippen molar-refractivity contribution in [3.63, 3.8) is 0 Å². The van der Waals surface area contributed by atoms with Gasteiger partial charge in [-0.15, -0.1) is 0 Å². The monoisotopic (exact) mass is 885 g/mol. The number of rotatable bonds is 8. The molecular formula is C68H55N. The minimum Gasteiger partial charge on any atom is -0.310 e. The fourth-order valence-electron chi connectivity index (χ4n) is 11.7. The Morgan fingerprint density at radius 3 is 1.52 bits per heavy atom. The summed E-state index contributed by atoms with van der Waals surface area (Å²) in [6.07, 6.45) is 0. The third-order valence-corrected chi connectivity index (χ3v) is 15.1. The first kappa shape index (κ1) is 42.4. The van der Waals surface area contributed by atoms with E-state index in [2.05, 4.69) is 282 Å². The molecule has 0 amide bonds. The van der Waals surface area contributed by atoms with Gasteiger partial charge in [-0.25, -0.2) is 0 Å². The van der Waals surface area contributed by atoms with Crippen molar-refractivity contribution in [3.8, 4) is 55.6 Å². The number of hydrogen-bond acceptors (Lipinski definition) is 1. The van der Waals surface area contributed by atoms with E-state index < -0.39 is 5.41 Å². The standard InChI is InChI=1S/C68H55N/c1-66(2,3)51-37-35-48(36-38-51)60-43-56(69(54-30-20-26-50(42-54)47-23-11-7-12-24-47)55-39-40-58-57-31-15-17-33-61(57)67(4,5)63(58)44-55)45-64-65(60)59-32-16-18-34-62(59)68(64,52-27-13-8-14-28-52)53-29-19-25-49(41-53)46-21-9-6-10-22-46/h6-45H,1-5H3. The van der Waals surface area contributed by atoms with Crippen molar-refractivity contribution in [1.29, 1.82) is 0 Å². The van der Waals surface area contributed by atoms with Crippen molar-refractivity contribution in [3.05, 3.63) is 282 Å². The van der Waals surface area contributed by atoms with Gasteiger partial charge in [0.2, 0.25) is 0 Å². The molecule has 1 heteroatoms. The molecule has 0 N–H and O–H groups in total. The van der Waals surface area contributed by atoms with Crippen molar-refractivity contribution in [1.82, 2.24) is 0 Å². The quantitative estimate of drug-likeness (QED) is 0.147. The summed E-state index contributed by atoms with van der Waals surface area (Å²) in [5, 5.41) is 0. The summed E-state index contributed by atoms with van der Waals surface area (Å²) in [5.74, 6) is 0. The van der Waals surface area contributed by atoms with Crippen LogP contribution in [0.1, 0.15) is 73.6 Å². The van der Waals surface area contributed by atoms with Crippen molar-refractivity contribution < 1.29 is 0 Å². The van der Waals surface area contributed by atoms with E-state index in [-0.39, 0.29) is 10.8 Å². The van der Waals surface area contributed by atoms with E-state index in [0.29, 0.717) is 0 Å². The Kier molecular flexibility index (Phi) is 10.0. The number of hydrogen-bond donors (Lipinski definition) is 0. The second-order valence-corrected chi connectivity index (χ2v) is 20.5. The molecule has 332 valence electrons. The van der Waals surface area contributed by atoms with Crippen molar-refractivity contribution in [2.24, 2.45) is 0 Å². The lowest BCUT2D eigenvalue weighted by atomic mass is 9.67. The molecule has 0 fully saturated rings. The number of nitrogens with zero attached hydrogens (tertiary/aromatic N) is 1. The third-order valence-electron chi connectivity index (χ3n) is 15.1. The van der Waals surface area contributed by atoms with Crippen LogP contribution in [-0.2, 0) is 16.2 Å². The van der Waals surface area contributed by atoms with E-state index in [0.717, 1.165) is 17.1 Å². The first-order chi connectivity index (χ1) is 33.6. The molecule has 12 rings (SSSR count). The molecular weight excluding hydrogens is 831 g/mol. The molecule has 2 aliphatic carbocycles. The van der Waals surface area contributed by atoms with Gasteiger partial charge in [-0.3, -0.25) is 0 Å². The first-order valence-corrected chi connectivity index (χ1v) is 24.4. The largest absolute Gasteiger partial charge is 0.310 e. The fourth-order valence-corrected chi connectivity index (χ4v) is 11.7. The minimum atomic E-state index is -0.660. The Labute approximate surface area is 408 Å². The van der Waals surface area contributed by atoms with Gasteiger partial charge < -0.3 is 4.90 Å². The Morgan fingerprint density at radius 2 is 0.841 bits per heavy atom. The van der Waals surface area contributed by atoms with E-state index in [9.17, 15) is 0 Å². The van der Waals surface area contributed by atoms with Gasteiger partial charge in [0.15, 0.2) is 0 Å². The van der Waals surface area contributed by atoms with Crippen LogP contribution in [0.4, 0.5) is 17.1 Å². The molecule has 0 spiro atoms. The third kappa shape index (κ3) is 6.90. The number of fused-ring (bicyclic) bond motifs is 6. The number of anilines is 3. The van der Waals surface area contributed by atoms with E-state index in [4.69, 9.17) is 0 Å². The van der Waals surface area contributed by atoms with Crippen LogP contribution in [0.3, 0.4) is 0 Å². The lowest BCUT2D eigenvalue weighted by molar-refractivity contribution is 0.590. The average Bonchev–Trinajstić information content (AvgIpc) is 3.82. The van der Waals surface area contributed by atoms with Crippen LogP contribution in [0.5, 0.6) is 0 Å². The van der Waals surface area contributed by atoms with Gasteiger partial charge in [0, 0.05) is 22.5 Å². The molecule has 1 nitrogen and oxygen atoms in total. The minimum absolute atomic E-state index is 0.0166. The predicted octanol–water partition coefficient (Wildman–Crippen LogP) is 18.1. The smallest absolute Gasteiger partial charge is 0.0714 e. The van der Waals surface area contributed by atoms with Gasteiger partial charge in [-0.1, -0.05) is 235 Å². The zero-order valence-electron chi connectivity index (χ0n) is 40.0. The summed E-state index contributed by atoms with van der Waals surface area (Å²) < 4.78 is 0. The van der Waals surface area contributed by atoms with Gasteiger partial charge >= 0.3 is 0 Å². The molecule has 2 aliphatic rings. The fraction of sp³-hybridized carbons (Fsp3) is 0.118. The van der Waals surface area contributed by atoms with Crippen LogP contribution >= 0.6 is 0 Å². The van der Waals surface area contributed by atoms with Crippen LogP contribution in [0.2, 0.25) is 0 Å². The molecule has 10 aromatic rings. The lowest BCUT2D eigenvalue weighted by Crippen LogP contribution is -2.29. The Morgan fingerprint density at radius 1 is 0.319 bits per heavy atom. The summed E-state index contributed by atoms with van der Waals surface area (Å²) >= 11 is 0. The summed E-state index contributed by atoms with van der Waals surface area (Å²) in [5.41, 5.74) is 23.9. The molecule has 0 saturated heterocycles. The molecule has 0 saturated carbocycles. The predicted molar refractivity (Wildman–Crippen MR) is 291 cm³/mol. The maximum Gasteiger partial charge on any atom is 0.0714 e. The Balaban J connectivity index is 1.19. The van der Waals surface area contributed by atoms with Crippen LogP contribution in [-0.4, -0.2) is 0 Å². The normalized spacial score (nSPS) is 15.2. The zero-order chi connectivity index (χ0) is 46.9. The van der Waals surface area contributed by atoms with Gasteiger partial charge in [-0.05, 0) is 142 Å². The molecule has 0 aliphatic heterocycles. The van der Waals surface area contributed by atoms with E-state index in [1.807, 2.05) is 0 Å². The van der Waals surface area contributed by atoms with Crippen molar-refractivity contribution in [2.75, 3.05) is 4.90 Å². The molecule has 0 aromatic heterocycles. The lowest BCUT2D eigenvalue weighted by Gasteiger charge is -2.36. The molecule has 0 heterocycles. The topological polar surface area (TPSA) is 3.24 Å². The highest BCUT2D eigenvalue weighted by Crippen LogP contribution is 2.60.